The smallest absolute Gasteiger partial charge is 0.186 e. The molecule has 0 bridgehead atoms. The third-order valence-corrected chi connectivity index (χ3v) is 2.53. The van der Waals surface area contributed by atoms with E-state index >= 15 is 0 Å². The largest absolute Gasteiger partial charge is 0.287 e. The SMILES string of the molecule is C=CCC(=O)S[SiH3]. The molecule has 0 aromatic carbocycles. The molecule has 0 aliphatic heterocycles. The van der Waals surface area contributed by atoms with Gasteiger partial charge in [0, 0.05) is 6.42 Å². The van der Waals surface area contributed by atoms with Crippen LogP contribution in [0.25, 0.3) is 0 Å². The molecule has 7 heavy (non-hydrogen) atoms. The first-order valence-electron chi connectivity index (χ1n) is 1.99. The van der Waals surface area contributed by atoms with Crippen LogP contribution < -0.4 is 0 Å². The van der Waals surface area contributed by atoms with E-state index in [-0.39, 0.29) is 5.12 Å². The average Bonchev–Trinajstić information content (AvgIpc) is 1.68. The van der Waals surface area contributed by atoms with Crippen LogP contribution in [0.3, 0.4) is 0 Å². The van der Waals surface area contributed by atoms with Crippen molar-refractivity contribution in [2.45, 2.75) is 6.42 Å². The molecule has 1 nitrogen and oxygen atoms in total. The maximum absolute atomic E-state index is 10.3. The van der Waals surface area contributed by atoms with Gasteiger partial charge in [0.05, 0.1) is 9.39 Å². The Morgan fingerprint density at radius 1 is 2.00 bits per heavy atom. The molecule has 0 unspecified atom stereocenters. The predicted octanol–water partition coefficient (Wildman–Crippen LogP) is 0.103. The van der Waals surface area contributed by atoms with E-state index < -0.39 is 0 Å². The second-order valence-electron chi connectivity index (χ2n) is 1.07. The van der Waals surface area contributed by atoms with Crippen LogP contribution in [0.4, 0.5) is 0 Å². The second kappa shape index (κ2) is 4.14. The lowest BCUT2D eigenvalue weighted by Gasteiger charge is -1.83. The highest BCUT2D eigenvalue weighted by molar-refractivity contribution is 8.31. The summed E-state index contributed by atoms with van der Waals surface area (Å²) in [6.45, 7) is 3.43. The van der Waals surface area contributed by atoms with Gasteiger partial charge in [0.1, 0.15) is 0 Å². The maximum atomic E-state index is 10.3. The van der Waals surface area contributed by atoms with Gasteiger partial charge in [0.15, 0.2) is 5.12 Å². The molecule has 0 fully saturated rings. The molecule has 0 saturated carbocycles. The van der Waals surface area contributed by atoms with E-state index in [4.69, 9.17) is 0 Å². The molecule has 3 heteroatoms. The second-order valence-corrected chi connectivity index (χ2v) is 3.16. The average molecular weight is 132 g/mol. The van der Waals surface area contributed by atoms with Crippen LogP contribution in [-0.4, -0.2) is 14.5 Å². The number of hydrogen-bond acceptors (Lipinski definition) is 2. The maximum Gasteiger partial charge on any atom is 0.186 e. The summed E-state index contributed by atoms with van der Waals surface area (Å²) in [7, 11) is 0.906. The first kappa shape index (κ1) is 6.98. The molecule has 0 spiro atoms. The third-order valence-electron chi connectivity index (χ3n) is 0.539. The summed E-state index contributed by atoms with van der Waals surface area (Å²) in [4.78, 5) is 10.3. The van der Waals surface area contributed by atoms with Crippen LogP contribution in [-0.2, 0) is 4.79 Å². The van der Waals surface area contributed by atoms with E-state index in [0.29, 0.717) is 6.42 Å². The number of allylic oxidation sites excluding steroid dienone is 1. The van der Waals surface area contributed by atoms with Crippen molar-refractivity contribution >= 4 is 25.7 Å². The van der Waals surface area contributed by atoms with Gasteiger partial charge in [0.2, 0.25) is 0 Å². The van der Waals surface area contributed by atoms with Gasteiger partial charge in [-0.1, -0.05) is 6.08 Å². The molecule has 0 rings (SSSR count). The van der Waals surface area contributed by atoms with Crippen molar-refractivity contribution in [3.05, 3.63) is 12.7 Å². The Hall–Kier alpha value is -0.0231. The molecule has 0 aliphatic carbocycles. The Kier molecular flexibility index (Phi) is 4.13. The zero-order valence-electron chi connectivity index (χ0n) is 4.31. The Bertz CT molecular complexity index is 81.8. The lowest BCUT2D eigenvalue weighted by Crippen LogP contribution is -1.84. The standard InChI is InChI=1S/C4H8OSSi/c1-2-3-4(5)6-7/h2H,1,3H2,7H3. The molecular formula is C4H8OSSi. The summed E-state index contributed by atoms with van der Waals surface area (Å²) in [5.74, 6) is 0. The minimum Gasteiger partial charge on any atom is -0.287 e. The number of carbonyl (C=O) groups excluding carboxylic acids is 1. The fourth-order valence-corrected chi connectivity index (χ4v) is 0.986. The summed E-state index contributed by atoms with van der Waals surface area (Å²) in [5, 5.41) is 0.238. The van der Waals surface area contributed by atoms with Crippen molar-refractivity contribution < 1.29 is 4.79 Å². The molecule has 0 saturated heterocycles. The van der Waals surface area contributed by atoms with Gasteiger partial charge in [-0.2, -0.15) is 0 Å². The topological polar surface area (TPSA) is 17.1 Å². The van der Waals surface area contributed by atoms with Crippen LogP contribution in [0.5, 0.6) is 0 Å². The fourth-order valence-electron chi connectivity index (χ4n) is 0.201. The summed E-state index contributed by atoms with van der Waals surface area (Å²) in [5.41, 5.74) is 0. The van der Waals surface area contributed by atoms with Gasteiger partial charge in [0.25, 0.3) is 0 Å². The van der Waals surface area contributed by atoms with E-state index in [1.54, 1.807) is 6.08 Å². The summed E-state index contributed by atoms with van der Waals surface area (Å²) < 4.78 is 0. The molecule has 40 valence electrons. The monoisotopic (exact) mass is 132 g/mol. The van der Waals surface area contributed by atoms with Crippen molar-refractivity contribution in [3.8, 4) is 0 Å². The van der Waals surface area contributed by atoms with Crippen LogP contribution >= 0.6 is 11.2 Å². The molecule has 0 amide bonds. The van der Waals surface area contributed by atoms with Gasteiger partial charge < -0.3 is 0 Å². The molecule has 0 radical (unpaired) electrons. The van der Waals surface area contributed by atoms with E-state index in [2.05, 4.69) is 6.58 Å². The van der Waals surface area contributed by atoms with Crippen LogP contribution in [0.1, 0.15) is 6.42 Å². The lowest BCUT2D eigenvalue weighted by molar-refractivity contribution is -0.110. The molecule has 0 atom stereocenters. The van der Waals surface area contributed by atoms with Gasteiger partial charge in [-0.25, -0.2) is 0 Å². The normalized spacial score (nSPS) is 8.57. The Labute approximate surface area is 50.2 Å². The molecule has 0 aliphatic rings. The number of rotatable bonds is 2. The Morgan fingerprint density at radius 2 is 2.57 bits per heavy atom. The first-order valence-corrected chi connectivity index (χ1v) is 5.66. The minimum atomic E-state index is 0.238. The molecular weight excluding hydrogens is 124 g/mol. The Balaban J connectivity index is 3.17. The van der Waals surface area contributed by atoms with Crippen LogP contribution in [0.2, 0.25) is 0 Å². The van der Waals surface area contributed by atoms with Gasteiger partial charge in [-0.05, 0) is 0 Å². The summed E-state index contributed by atoms with van der Waals surface area (Å²) >= 11 is 1.38. The van der Waals surface area contributed by atoms with E-state index in [9.17, 15) is 4.79 Å². The summed E-state index contributed by atoms with van der Waals surface area (Å²) in [6, 6.07) is 0. The first-order chi connectivity index (χ1) is 3.31. The van der Waals surface area contributed by atoms with Gasteiger partial charge in [-0.15, -0.1) is 17.8 Å². The fraction of sp³-hybridized carbons (Fsp3) is 0.250. The molecule has 0 aromatic rings. The predicted molar refractivity (Wildman–Crippen MR) is 37.4 cm³/mol. The van der Waals surface area contributed by atoms with Gasteiger partial charge in [-0.3, -0.25) is 4.79 Å². The number of carbonyl (C=O) groups is 1. The van der Waals surface area contributed by atoms with Crippen molar-refractivity contribution in [2.24, 2.45) is 0 Å². The number of hydrogen-bond donors (Lipinski definition) is 0. The minimum absolute atomic E-state index is 0.238. The van der Waals surface area contributed by atoms with Crippen LogP contribution in [0.15, 0.2) is 12.7 Å². The zero-order chi connectivity index (χ0) is 5.70. The van der Waals surface area contributed by atoms with Crippen molar-refractivity contribution in [1.29, 1.82) is 0 Å². The molecule has 0 aromatic heterocycles. The Morgan fingerprint density at radius 3 is 2.71 bits per heavy atom. The highest BCUT2D eigenvalue weighted by atomic mass is 32.4. The van der Waals surface area contributed by atoms with Crippen molar-refractivity contribution in [3.63, 3.8) is 0 Å². The van der Waals surface area contributed by atoms with Crippen molar-refractivity contribution in [1.82, 2.24) is 0 Å². The quantitative estimate of drug-likeness (QED) is 0.392. The van der Waals surface area contributed by atoms with Crippen molar-refractivity contribution in [2.75, 3.05) is 0 Å². The van der Waals surface area contributed by atoms with Gasteiger partial charge >= 0.3 is 0 Å². The molecule has 0 N–H and O–H groups in total. The lowest BCUT2D eigenvalue weighted by atomic mass is 10.5. The van der Waals surface area contributed by atoms with E-state index in [0.717, 1.165) is 9.39 Å². The van der Waals surface area contributed by atoms with E-state index in [1.807, 2.05) is 0 Å². The highest BCUT2D eigenvalue weighted by Gasteiger charge is 1.89. The van der Waals surface area contributed by atoms with E-state index in [1.165, 1.54) is 11.2 Å². The van der Waals surface area contributed by atoms with Crippen LogP contribution in [0, 0.1) is 0 Å². The third kappa shape index (κ3) is 3.82. The summed E-state index contributed by atoms with van der Waals surface area (Å²) in [6.07, 6.45) is 2.15. The highest BCUT2D eigenvalue weighted by Crippen LogP contribution is 1.96. The molecule has 0 heterocycles. The zero-order valence-corrected chi connectivity index (χ0v) is 7.12.